The largest absolute Gasteiger partial charge is 0.468 e. The number of hydrogen-bond donors (Lipinski definition) is 0. The topological polar surface area (TPSA) is 56.5 Å². The highest BCUT2D eigenvalue weighted by molar-refractivity contribution is 5.71. The minimum absolute atomic E-state index is 0.0654. The third-order valence-electron chi connectivity index (χ3n) is 1.23. The molecule has 0 spiro atoms. The van der Waals surface area contributed by atoms with E-state index in [9.17, 15) is 9.59 Å². The van der Waals surface area contributed by atoms with E-state index in [1.807, 2.05) is 0 Å². The summed E-state index contributed by atoms with van der Waals surface area (Å²) in [5.74, 6) is -0.516. The van der Waals surface area contributed by atoms with Crippen molar-refractivity contribution in [2.45, 2.75) is 13.3 Å². The zero-order chi connectivity index (χ0) is 8.97. The fourth-order valence-electron chi connectivity index (χ4n) is 0.612. The molecule has 0 radical (unpaired) electrons. The normalized spacial score (nSPS) is 9.42. The van der Waals surface area contributed by atoms with E-state index >= 15 is 0 Å². The third kappa shape index (κ3) is 1.95. The van der Waals surface area contributed by atoms with Crippen LogP contribution in [0, 0.1) is 0 Å². The summed E-state index contributed by atoms with van der Waals surface area (Å²) in [6.45, 7) is 1.65. The summed E-state index contributed by atoms with van der Waals surface area (Å²) in [4.78, 5) is 21.7. The second-order valence-electron chi connectivity index (χ2n) is 2.11. The first-order valence-electron chi connectivity index (χ1n) is 3.51. The van der Waals surface area contributed by atoms with Gasteiger partial charge in [-0.1, -0.05) is 6.92 Å². The van der Waals surface area contributed by atoms with E-state index in [0.717, 1.165) is 6.26 Å². The Balaban J connectivity index is 2.83. The molecule has 1 heterocycles. The monoisotopic (exact) mass is 168 g/mol. The molecule has 0 aliphatic carbocycles. The van der Waals surface area contributed by atoms with Gasteiger partial charge in [0.15, 0.2) is 0 Å². The van der Waals surface area contributed by atoms with Gasteiger partial charge in [0.2, 0.25) is 11.2 Å². The maximum atomic E-state index is 10.9. The molecule has 0 unspecified atom stereocenters. The fourth-order valence-corrected chi connectivity index (χ4v) is 0.612. The van der Waals surface area contributed by atoms with Gasteiger partial charge in [-0.2, -0.15) is 0 Å². The van der Waals surface area contributed by atoms with E-state index in [1.165, 1.54) is 12.3 Å². The minimum atomic E-state index is -0.450. The average Bonchev–Trinajstić information content (AvgIpc) is 2.09. The molecule has 0 aliphatic heterocycles. The first-order valence-corrected chi connectivity index (χ1v) is 3.51. The molecule has 1 aromatic rings. The van der Waals surface area contributed by atoms with Crippen LogP contribution in [0.2, 0.25) is 0 Å². The highest BCUT2D eigenvalue weighted by Gasteiger charge is 2.04. The van der Waals surface area contributed by atoms with Crippen molar-refractivity contribution in [2.75, 3.05) is 0 Å². The van der Waals surface area contributed by atoms with Crippen molar-refractivity contribution in [2.24, 2.45) is 0 Å². The predicted octanol–water partition coefficient (Wildman–Crippen LogP) is 0.955. The Morgan fingerprint density at radius 1 is 1.67 bits per heavy atom. The third-order valence-corrected chi connectivity index (χ3v) is 1.23. The van der Waals surface area contributed by atoms with Crippen molar-refractivity contribution in [1.29, 1.82) is 0 Å². The summed E-state index contributed by atoms with van der Waals surface area (Å²) < 4.78 is 9.31. The molecule has 0 saturated heterocycles. The molecule has 1 aromatic heterocycles. The van der Waals surface area contributed by atoms with Gasteiger partial charge in [-0.15, -0.1) is 0 Å². The zero-order valence-corrected chi connectivity index (χ0v) is 6.57. The average molecular weight is 168 g/mol. The molecule has 0 N–H and O–H groups in total. The van der Waals surface area contributed by atoms with Gasteiger partial charge in [0.25, 0.3) is 0 Å². The van der Waals surface area contributed by atoms with Gasteiger partial charge in [-0.05, 0) is 0 Å². The van der Waals surface area contributed by atoms with E-state index in [4.69, 9.17) is 0 Å². The highest BCUT2D eigenvalue weighted by atomic mass is 16.5. The van der Waals surface area contributed by atoms with E-state index in [0.29, 0.717) is 0 Å². The number of hydrogen-bond acceptors (Lipinski definition) is 4. The van der Waals surface area contributed by atoms with Crippen molar-refractivity contribution in [1.82, 2.24) is 0 Å². The lowest BCUT2D eigenvalue weighted by atomic mass is 10.4. The first-order chi connectivity index (χ1) is 5.74. The molecule has 0 bridgehead atoms. The summed E-state index contributed by atoms with van der Waals surface area (Å²) >= 11 is 0. The minimum Gasteiger partial charge on any atom is -0.468 e. The summed E-state index contributed by atoms with van der Waals surface area (Å²) in [5, 5.41) is 0. The van der Waals surface area contributed by atoms with Gasteiger partial charge in [-0.25, -0.2) is 0 Å². The Bertz CT molecular complexity index is 326. The number of carbonyl (C=O) groups is 1. The standard InChI is InChI=1S/C8H8O4/c1-2-8(10)12-7-5-11-4-3-6(7)9/h3-5H,2H2,1H3. The Hall–Kier alpha value is -1.58. The predicted molar refractivity (Wildman–Crippen MR) is 40.9 cm³/mol. The van der Waals surface area contributed by atoms with Crippen LogP contribution in [0.3, 0.4) is 0 Å². The van der Waals surface area contributed by atoms with Crippen molar-refractivity contribution in [3.63, 3.8) is 0 Å². The fraction of sp³-hybridized carbons (Fsp3) is 0.250. The molecular weight excluding hydrogens is 160 g/mol. The lowest BCUT2D eigenvalue weighted by molar-refractivity contribution is -0.134. The lowest BCUT2D eigenvalue weighted by Gasteiger charge is -1.98. The molecule has 0 fully saturated rings. The number of esters is 1. The van der Waals surface area contributed by atoms with Gasteiger partial charge < -0.3 is 9.15 Å². The molecule has 64 valence electrons. The lowest BCUT2D eigenvalue weighted by Crippen LogP contribution is -2.12. The van der Waals surface area contributed by atoms with Crippen LogP contribution in [0.5, 0.6) is 5.75 Å². The number of rotatable bonds is 2. The maximum absolute atomic E-state index is 10.9. The second-order valence-corrected chi connectivity index (χ2v) is 2.11. The zero-order valence-electron chi connectivity index (χ0n) is 6.57. The summed E-state index contributed by atoms with van der Waals surface area (Å²) in [7, 11) is 0. The summed E-state index contributed by atoms with van der Waals surface area (Å²) in [6.07, 6.45) is 2.57. The van der Waals surface area contributed by atoms with Crippen molar-refractivity contribution in [3.8, 4) is 5.75 Å². The maximum Gasteiger partial charge on any atom is 0.311 e. The summed E-state index contributed by atoms with van der Waals surface area (Å²) in [6, 6.07) is 1.19. The highest BCUT2D eigenvalue weighted by Crippen LogP contribution is 2.01. The molecule has 0 saturated carbocycles. The van der Waals surface area contributed by atoms with Crippen LogP contribution in [0.4, 0.5) is 0 Å². The Morgan fingerprint density at radius 2 is 2.42 bits per heavy atom. The van der Waals surface area contributed by atoms with Crippen LogP contribution in [-0.4, -0.2) is 5.97 Å². The quantitative estimate of drug-likeness (QED) is 0.617. The van der Waals surface area contributed by atoms with E-state index in [-0.39, 0.29) is 17.6 Å². The first kappa shape index (κ1) is 8.52. The molecule has 4 heteroatoms. The summed E-state index contributed by atoms with van der Waals surface area (Å²) in [5.41, 5.74) is -0.358. The molecule has 0 aromatic carbocycles. The van der Waals surface area contributed by atoms with Gasteiger partial charge >= 0.3 is 5.97 Å². The van der Waals surface area contributed by atoms with Crippen LogP contribution in [-0.2, 0) is 4.79 Å². The van der Waals surface area contributed by atoms with Crippen LogP contribution in [0.25, 0.3) is 0 Å². The second kappa shape index (κ2) is 3.71. The van der Waals surface area contributed by atoms with E-state index in [1.54, 1.807) is 6.92 Å². The number of carbonyl (C=O) groups excluding carboxylic acids is 1. The van der Waals surface area contributed by atoms with Gasteiger partial charge in [0, 0.05) is 12.5 Å². The van der Waals surface area contributed by atoms with Gasteiger partial charge in [-0.3, -0.25) is 9.59 Å². The molecule has 1 rings (SSSR count). The van der Waals surface area contributed by atoms with Crippen LogP contribution in [0.1, 0.15) is 13.3 Å². The Labute approximate surface area is 68.8 Å². The molecule has 0 atom stereocenters. The molecule has 4 nitrogen and oxygen atoms in total. The van der Waals surface area contributed by atoms with E-state index < -0.39 is 5.97 Å². The SMILES string of the molecule is CCC(=O)Oc1coccc1=O. The van der Waals surface area contributed by atoms with Crippen LogP contribution >= 0.6 is 0 Å². The number of ether oxygens (including phenoxy) is 1. The van der Waals surface area contributed by atoms with Crippen LogP contribution < -0.4 is 10.2 Å². The van der Waals surface area contributed by atoms with Gasteiger partial charge in [0.1, 0.15) is 6.26 Å². The molecule has 0 aliphatic rings. The van der Waals surface area contributed by atoms with Gasteiger partial charge in [0.05, 0.1) is 6.26 Å². The molecule has 12 heavy (non-hydrogen) atoms. The van der Waals surface area contributed by atoms with Crippen molar-refractivity contribution >= 4 is 5.97 Å². The smallest absolute Gasteiger partial charge is 0.311 e. The Kier molecular flexibility index (Phi) is 2.63. The Morgan fingerprint density at radius 3 is 3.00 bits per heavy atom. The van der Waals surface area contributed by atoms with Crippen molar-refractivity contribution in [3.05, 3.63) is 28.8 Å². The molecule has 0 amide bonds. The molecular formula is C8H8O4. The van der Waals surface area contributed by atoms with E-state index in [2.05, 4.69) is 9.15 Å². The van der Waals surface area contributed by atoms with Crippen LogP contribution in [0.15, 0.2) is 27.8 Å². The van der Waals surface area contributed by atoms with Crippen molar-refractivity contribution < 1.29 is 13.9 Å².